The summed E-state index contributed by atoms with van der Waals surface area (Å²) in [7, 11) is 0. The molecule has 28 heavy (non-hydrogen) atoms. The zero-order valence-electron chi connectivity index (χ0n) is 16.3. The molecule has 2 heterocycles. The Balaban J connectivity index is 1.53. The molecule has 1 aromatic heterocycles. The first-order valence-electron chi connectivity index (χ1n) is 9.71. The van der Waals surface area contributed by atoms with Crippen LogP contribution >= 0.6 is 0 Å². The molecule has 5 nitrogen and oxygen atoms in total. The van der Waals surface area contributed by atoms with Gasteiger partial charge in [0.25, 0.3) is 5.91 Å². The van der Waals surface area contributed by atoms with Crippen LogP contribution < -0.4 is 0 Å². The van der Waals surface area contributed by atoms with Crippen molar-refractivity contribution in [3.05, 3.63) is 88.8 Å². The molecule has 0 saturated carbocycles. The average Bonchev–Trinajstić information content (AvgIpc) is 3.08. The molecule has 0 bridgehead atoms. The van der Waals surface area contributed by atoms with Gasteiger partial charge in [-0.25, -0.2) is 0 Å². The fourth-order valence-corrected chi connectivity index (χ4v) is 4.01. The van der Waals surface area contributed by atoms with Gasteiger partial charge in [-0.05, 0) is 25.0 Å². The van der Waals surface area contributed by atoms with Crippen molar-refractivity contribution in [1.82, 2.24) is 15.0 Å². The van der Waals surface area contributed by atoms with Crippen LogP contribution in [0.3, 0.4) is 0 Å². The van der Waals surface area contributed by atoms with E-state index in [1.165, 1.54) is 11.1 Å². The highest BCUT2D eigenvalue weighted by atomic mass is 16.5. The van der Waals surface area contributed by atoms with E-state index in [1.807, 2.05) is 24.0 Å². The summed E-state index contributed by atoms with van der Waals surface area (Å²) in [6, 6.07) is 21.3. The van der Waals surface area contributed by atoms with Gasteiger partial charge >= 0.3 is 0 Å². The minimum absolute atomic E-state index is 0.0203. The van der Waals surface area contributed by atoms with Gasteiger partial charge in [0.1, 0.15) is 11.3 Å². The zero-order chi connectivity index (χ0) is 19.5. The Morgan fingerprint density at radius 3 is 1.89 bits per heavy atom. The van der Waals surface area contributed by atoms with Gasteiger partial charge in [-0.2, -0.15) is 0 Å². The molecular weight excluding hydrogens is 350 g/mol. The lowest BCUT2D eigenvalue weighted by molar-refractivity contribution is 0.0595. The van der Waals surface area contributed by atoms with Gasteiger partial charge in [-0.3, -0.25) is 9.69 Å². The zero-order valence-corrected chi connectivity index (χ0v) is 16.3. The Hall–Kier alpha value is -2.92. The second-order valence-corrected chi connectivity index (χ2v) is 7.25. The number of amides is 1. The van der Waals surface area contributed by atoms with E-state index in [1.54, 1.807) is 6.92 Å². The first-order valence-corrected chi connectivity index (χ1v) is 9.71. The third-order valence-electron chi connectivity index (χ3n) is 5.44. The molecule has 1 fully saturated rings. The van der Waals surface area contributed by atoms with Gasteiger partial charge in [0.2, 0.25) is 0 Å². The third kappa shape index (κ3) is 3.58. The smallest absolute Gasteiger partial charge is 0.259 e. The fourth-order valence-electron chi connectivity index (χ4n) is 4.01. The van der Waals surface area contributed by atoms with Crippen molar-refractivity contribution in [2.24, 2.45) is 0 Å². The quantitative estimate of drug-likeness (QED) is 0.695. The van der Waals surface area contributed by atoms with Crippen LogP contribution in [0.4, 0.5) is 0 Å². The number of benzene rings is 2. The van der Waals surface area contributed by atoms with Crippen molar-refractivity contribution in [3.8, 4) is 0 Å². The first kappa shape index (κ1) is 18.4. The van der Waals surface area contributed by atoms with Crippen LogP contribution in [-0.4, -0.2) is 47.0 Å². The lowest BCUT2D eigenvalue weighted by Crippen LogP contribution is -2.50. The van der Waals surface area contributed by atoms with Gasteiger partial charge in [-0.15, -0.1) is 0 Å². The number of piperazine rings is 1. The molecule has 0 atom stereocenters. The number of hydrogen-bond donors (Lipinski definition) is 0. The second-order valence-electron chi connectivity index (χ2n) is 7.25. The number of hydrogen-bond acceptors (Lipinski definition) is 4. The van der Waals surface area contributed by atoms with E-state index in [0.29, 0.717) is 30.1 Å². The predicted octanol–water partition coefficient (Wildman–Crippen LogP) is 3.84. The van der Waals surface area contributed by atoms with E-state index in [4.69, 9.17) is 4.52 Å². The number of aromatic nitrogens is 1. The molecule has 5 heteroatoms. The maximum atomic E-state index is 12.9. The molecule has 3 aromatic rings. The first-order chi connectivity index (χ1) is 13.6. The number of nitrogens with zero attached hydrogens (tertiary/aromatic N) is 3. The van der Waals surface area contributed by atoms with Gasteiger partial charge < -0.3 is 9.42 Å². The summed E-state index contributed by atoms with van der Waals surface area (Å²) in [5.74, 6) is 0.614. The summed E-state index contributed by atoms with van der Waals surface area (Å²) in [6.07, 6.45) is 0. The maximum Gasteiger partial charge on any atom is 0.259 e. The molecule has 0 aliphatic carbocycles. The van der Waals surface area contributed by atoms with Gasteiger partial charge in [-0.1, -0.05) is 65.8 Å². The highest BCUT2D eigenvalue weighted by Gasteiger charge is 2.30. The highest BCUT2D eigenvalue weighted by Crippen LogP contribution is 2.29. The van der Waals surface area contributed by atoms with E-state index in [-0.39, 0.29) is 11.9 Å². The van der Waals surface area contributed by atoms with Gasteiger partial charge in [0.15, 0.2) is 0 Å². The Morgan fingerprint density at radius 1 is 0.893 bits per heavy atom. The molecule has 1 aliphatic rings. The summed E-state index contributed by atoms with van der Waals surface area (Å²) in [5.41, 5.74) is 3.82. The van der Waals surface area contributed by atoms with E-state index < -0.39 is 0 Å². The highest BCUT2D eigenvalue weighted by molar-refractivity contribution is 5.96. The molecule has 0 unspecified atom stereocenters. The van der Waals surface area contributed by atoms with Crippen LogP contribution in [0, 0.1) is 13.8 Å². The van der Waals surface area contributed by atoms with Crippen molar-refractivity contribution in [2.45, 2.75) is 19.9 Å². The Kier molecular flexibility index (Phi) is 5.26. The molecule has 0 radical (unpaired) electrons. The number of aryl methyl sites for hydroxylation is 2. The van der Waals surface area contributed by atoms with Crippen LogP contribution in [0.1, 0.15) is 39.0 Å². The fraction of sp³-hybridized carbons (Fsp3) is 0.304. The maximum absolute atomic E-state index is 12.9. The van der Waals surface area contributed by atoms with Crippen molar-refractivity contribution < 1.29 is 9.32 Å². The molecule has 0 spiro atoms. The Morgan fingerprint density at radius 2 is 1.43 bits per heavy atom. The minimum atomic E-state index is 0.0203. The molecule has 144 valence electrons. The van der Waals surface area contributed by atoms with E-state index in [2.05, 4.69) is 58.6 Å². The van der Waals surface area contributed by atoms with E-state index in [0.717, 1.165) is 13.1 Å². The average molecular weight is 375 g/mol. The summed E-state index contributed by atoms with van der Waals surface area (Å²) < 4.78 is 5.17. The topological polar surface area (TPSA) is 49.6 Å². The summed E-state index contributed by atoms with van der Waals surface area (Å²) in [4.78, 5) is 17.3. The van der Waals surface area contributed by atoms with Crippen LogP contribution in [0.2, 0.25) is 0 Å². The largest absolute Gasteiger partial charge is 0.361 e. The lowest BCUT2D eigenvalue weighted by Gasteiger charge is -2.39. The minimum Gasteiger partial charge on any atom is -0.361 e. The van der Waals surface area contributed by atoms with Crippen LogP contribution in [-0.2, 0) is 0 Å². The van der Waals surface area contributed by atoms with Crippen molar-refractivity contribution in [1.29, 1.82) is 0 Å². The standard InChI is InChI=1S/C23H25N3O2/c1-17-21(18(2)28-24-17)23(27)26-15-13-25(14-16-26)22(19-9-5-3-6-10-19)20-11-7-4-8-12-20/h3-12,22H,13-16H2,1-2H3. The summed E-state index contributed by atoms with van der Waals surface area (Å²) >= 11 is 0. The Bertz CT molecular complexity index is 870. The number of rotatable bonds is 4. The molecule has 1 amide bonds. The normalized spacial score (nSPS) is 15.2. The van der Waals surface area contributed by atoms with E-state index >= 15 is 0 Å². The molecule has 1 saturated heterocycles. The van der Waals surface area contributed by atoms with E-state index in [9.17, 15) is 4.79 Å². The van der Waals surface area contributed by atoms with Gasteiger partial charge in [0, 0.05) is 26.2 Å². The number of carbonyl (C=O) groups is 1. The molecule has 1 aliphatic heterocycles. The van der Waals surface area contributed by atoms with Crippen molar-refractivity contribution in [3.63, 3.8) is 0 Å². The molecular formula is C23H25N3O2. The van der Waals surface area contributed by atoms with Gasteiger partial charge in [0.05, 0.1) is 11.7 Å². The second kappa shape index (κ2) is 7.98. The van der Waals surface area contributed by atoms with Crippen LogP contribution in [0.15, 0.2) is 65.2 Å². The molecule has 2 aromatic carbocycles. The van der Waals surface area contributed by atoms with Crippen molar-refractivity contribution in [2.75, 3.05) is 26.2 Å². The van der Waals surface area contributed by atoms with Crippen LogP contribution in [0.25, 0.3) is 0 Å². The third-order valence-corrected chi connectivity index (χ3v) is 5.44. The number of carbonyl (C=O) groups excluding carboxylic acids is 1. The van der Waals surface area contributed by atoms with Crippen molar-refractivity contribution >= 4 is 5.91 Å². The molecule has 4 rings (SSSR count). The SMILES string of the molecule is Cc1noc(C)c1C(=O)N1CCN(C(c2ccccc2)c2ccccc2)CC1. The molecule has 0 N–H and O–H groups in total. The monoisotopic (exact) mass is 375 g/mol. The summed E-state index contributed by atoms with van der Waals surface area (Å²) in [5, 5.41) is 3.92. The Labute approximate surface area is 165 Å². The lowest BCUT2D eigenvalue weighted by atomic mass is 9.96. The van der Waals surface area contributed by atoms with Crippen LogP contribution in [0.5, 0.6) is 0 Å². The summed E-state index contributed by atoms with van der Waals surface area (Å²) in [6.45, 7) is 6.65. The predicted molar refractivity (Wildman–Crippen MR) is 108 cm³/mol.